The van der Waals surface area contributed by atoms with Crippen molar-refractivity contribution in [2.75, 3.05) is 23.7 Å². The molecule has 0 amide bonds. The highest BCUT2D eigenvalue weighted by Gasteiger charge is 2.22. The van der Waals surface area contributed by atoms with Crippen molar-refractivity contribution < 1.29 is 0 Å². The molecule has 2 N–H and O–H groups in total. The molecule has 1 aromatic rings. The van der Waals surface area contributed by atoms with Crippen LogP contribution in [0.2, 0.25) is 0 Å². The molecule has 0 saturated carbocycles. The van der Waals surface area contributed by atoms with Gasteiger partial charge in [-0.05, 0) is 19.3 Å². The summed E-state index contributed by atoms with van der Waals surface area (Å²) in [5, 5.41) is 0. The summed E-state index contributed by atoms with van der Waals surface area (Å²) in [6, 6.07) is 0. The van der Waals surface area contributed by atoms with Crippen molar-refractivity contribution in [1.82, 2.24) is 9.97 Å². The van der Waals surface area contributed by atoms with E-state index in [1.807, 2.05) is 6.92 Å². The van der Waals surface area contributed by atoms with Crippen LogP contribution < -0.4 is 10.6 Å². The highest BCUT2D eigenvalue weighted by atomic mass is 15.2. The fraction of sp³-hybridized carbons (Fsp3) is 0.667. The number of hydrogen-bond donors (Lipinski definition) is 1. The molecule has 4 nitrogen and oxygen atoms in total. The number of nitrogen functional groups attached to an aromatic ring is 1. The lowest BCUT2D eigenvalue weighted by Crippen LogP contribution is -2.23. The molecule has 1 aliphatic rings. The molecule has 88 valence electrons. The predicted octanol–water partition coefficient (Wildman–Crippen LogP) is 1.78. The summed E-state index contributed by atoms with van der Waals surface area (Å²) in [4.78, 5) is 11.2. The van der Waals surface area contributed by atoms with Crippen molar-refractivity contribution in [3.05, 3.63) is 11.4 Å². The summed E-state index contributed by atoms with van der Waals surface area (Å²) < 4.78 is 0. The van der Waals surface area contributed by atoms with E-state index in [0.717, 1.165) is 42.6 Å². The van der Waals surface area contributed by atoms with E-state index < -0.39 is 0 Å². The lowest BCUT2D eigenvalue weighted by Gasteiger charge is -2.20. The maximum atomic E-state index is 5.92. The molecule has 1 aromatic heterocycles. The van der Waals surface area contributed by atoms with E-state index in [9.17, 15) is 0 Å². The zero-order valence-corrected chi connectivity index (χ0v) is 10.3. The van der Waals surface area contributed by atoms with Crippen LogP contribution >= 0.6 is 0 Å². The predicted molar refractivity (Wildman–Crippen MR) is 66.6 cm³/mol. The first-order valence-corrected chi connectivity index (χ1v) is 5.99. The Morgan fingerprint density at radius 2 is 2.19 bits per heavy atom. The third-order valence-corrected chi connectivity index (χ3v) is 3.24. The summed E-state index contributed by atoms with van der Waals surface area (Å²) in [7, 11) is 0. The largest absolute Gasteiger partial charge is 0.383 e. The van der Waals surface area contributed by atoms with Crippen molar-refractivity contribution in [2.45, 2.75) is 33.6 Å². The molecule has 1 aliphatic heterocycles. The molecule has 1 saturated heterocycles. The fourth-order valence-electron chi connectivity index (χ4n) is 2.16. The average molecular weight is 220 g/mol. The van der Waals surface area contributed by atoms with Gasteiger partial charge in [0.2, 0.25) is 0 Å². The Hall–Kier alpha value is -1.32. The minimum absolute atomic E-state index is 0.626. The molecule has 2 rings (SSSR count). The van der Waals surface area contributed by atoms with Gasteiger partial charge in [-0.25, -0.2) is 9.97 Å². The normalized spacial score (nSPS) is 20.4. The maximum absolute atomic E-state index is 5.92. The van der Waals surface area contributed by atoms with Crippen molar-refractivity contribution in [3.8, 4) is 0 Å². The van der Waals surface area contributed by atoms with E-state index >= 15 is 0 Å². The Balaban J connectivity index is 2.35. The van der Waals surface area contributed by atoms with Gasteiger partial charge in [0, 0.05) is 25.1 Å². The summed E-state index contributed by atoms with van der Waals surface area (Å²) in [6.45, 7) is 8.51. The van der Waals surface area contributed by atoms with Gasteiger partial charge in [-0.15, -0.1) is 0 Å². The minimum Gasteiger partial charge on any atom is -0.383 e. The van der Waals surface area contributed by atoms with Crippen LogP contribution in [-0.4, -0.2) is 23.1 Å². The monoisotopic (exact) mass is 220 g/mol. The van der Waals surface area contributed by atoms with Gasteiger partial charge in [0.15, 0.2) is 0 Å². The van der Waals surface area contributed by atoms with Crippen LogP contribution in [0.5, 0.6) is 0 Å². The fourth-order valence-corrected chi connectivity index (χ4v) is 2.16. The molecule has 0 spiro atoms. The van der Waals surface area contributed by atoms with Crippen LogP contribution in [-0.2, 0) is 6.42 Å². The van der Waals surface area contributed by atoms with Crippen LogP contribution in [0.4, 0.5) is 11.6 Å². The Kier molecular flexibility index (Phi) is 2.99. The lowest BCUT2D eigenvalue weighted by molar-refractivity contribution is 0.658. The molecule has 0 radical (unpaired) electrons. The van der Waals surface area contributed by atoms with Crippen molar-refractivity contribution in [2.24, 2.45) is 5.92 Å². The highest BCUT2D eigenvalue weighted by Crippen LogP contribution is 2.27. The van der Waals surface area contributed by atoms with Crippen molar-refractivity contribution in [1.29, 1.82) is 0 Å². The minimum atomic E-state index is 0.626. The topological polar surface area (TPSA) is 55.0 Å². The van der Waals surface area contributed by atoms with Crippen LogP contribution in [0, 0.1) is 12.8 Å². The molecule has 0 aromatic carbocycles. The van der Waals surface area contributed by atoms with Crippen LogP contribution in [0.1, 0.15) is 31.7 Å². The molecular weight excluding hydrogens is 200 g/mol. The Bertz CT molecular complexity index is 389. The molecule has 2 heterocycles. The summed E-state index contributed by atoms with van der Waals surface area (Å²) >= 11 is 0. The number of aryl methyl sites for hydroxylation is 1. The number of nitrogens with two attached hydrogens (primary N) is 1. The number of hydrogen-bond acceptors (Lipinski definition) is 4. The molecular formula is C12H20N4. The van der Waals surface area contributed by atoms with Gasteiger partial charge < -0.3 is 10.6 Å². The Labute approximate surface area is 96.9 Å². The zero-order chi connectivity index (χ0) is 11.7. The van der Waals surface area contributed by atoms with E-state index in [2.05, 4.69) is 28.7 Å². The van der Waals surface area contributed by atoms with E-state index in [-0.39, 0.29) is 0 Å². The molecule has 4 heteroatoms. The van der Waals surface area contributed by atoms with Gasteiger partial charge in [-0.2, -0.15) is 0 Å². The third kappa shape index (κ3) is 1.96. The number of nitrogens with zero attached hydrogens (tertiary/aromatic N) is 3. The summed E-state index contributed by atoms with van der Waals surface area (Å²) in [6.07, 6.45) is 2.08. The molecule has 1 atom stereocenters. The van der Waals surface area contributed by atoms with E-state index in [1.54, 1.807) is 0 Å². The molecule has 1 fully saturated rings. The van der Waals surface area contributed by atoms with E-state index in [0.29, 0.717) is 5.82 Å². The molecule has 0 aliphatic carbocycles. The number of aromatic nitrogens is 2. The van der Waals surface area contributed by atoms with Gasteiger partial charge in [-0.1, -0.05) is 13.8 Å². The van der Waals surface area contributed by atoms with Crippen molar-refractivity contribution in [3.63, 3.8) is 0 Å². The summed E-state index contributed by atoms with van der Waals surface area (Å²) in [5.74, 6) is 3.26. The standard InChI is InChI=1S/C12H20N4/c1-4-10-14-11(13)9(3)12(15-10)16-6-5-8(2)7-16/h8H,4-7H2,1-3H3,(H2,13,14,15). The van der Waals surface area contributed by atoms with Gasteiger partial charge in [-0.3, -0.25) is 0 Å². The van der Waals surface area contributed by atoms with E-state index in [4.69, 9.17) is 5.73 Å². The van der Waals surface area contributed by atoms with Gasteiger partial charge in [0.1, 0.15) is 17.5 Å². The highest BCUT2D eigenvalue weighted by molar-refractivity contribution is 5.57. The second-order valence-corrected chi connectivity index (χ2v) is 4.67. The zero-order valence-electron chi connectivity index (χ0n) is 10.3. The van der Waals surface area contributed by atoms with Gasteiger partial charge in [0.05, 0.1) is 0 Å². The van der Waals surface area contributed by atoms with Gasteiger partial charge in [0.25, 0.3) is 0 Å². The molecule has 0 bridgehead atoms. The van der Waals surface area contributed by atoms with Crippen LogP contribution in [0.15, 0.2) is 0 Å². The second-order valence-electron chi connectivity index (χ2n) is 4.67. The van der Waals surface area contributed by atoms with Crippen molar-refractivity contribution >= 4 is 11.6 Å². The third-order valence-electron chi connectivity index (χ3n) is 3.24. The number of anilines is 2. The first kappa shape index (κ1) is 11.2. The first-order valence-electron chi connectivity index (χ1n) is 5.99. The van der Waals surface area contributed by atoms with E-state index in [1.165, 1.54) is 6.42 Å². The maximum Gasteiger partial charge on any atom is 0.137 e. The SMILES string of the molecule is CCc1nc(N)c(C)c(N2CCC(C)C2)n1. The van der Waals surface area contributed by atoms with Crippen LogP contribution in [0.25, 0.3) is 0 Å². The average Bonchev–Trinajstić information content (AvgIpc) is 2.68. The van der Waals surface area contributed by atoms with Gasteiger partial charge >= 0.3 is 0 Å². The summed E-state index contributed by atoms with van der Waals surface area (Å²) in [5.41, 5.74) is 6.94. The Morgan fingerprint density at radius 1 is 1.44 bits per heavy atom. The smallest absolute Gasteiger partial charge is 0.137 e. The molecule has 16 heavy (non-hydrogen) atoms. The van der Waals surface area contributed by atoms with Crippen LogP contribution in [0.3, 0.4) is 0 Å². The quantitative estimate of drug-likeness (QED) is 0.825. The first-order chi connectivity index (χ1) is 7.61. The Morgan fingerprint density at radius 3 is 2.75 bits per heavy atom. The lowest BCUT2D eigenvalue weighted by atomic mass is 10.2. The molecule has 1 unspecified atom stereocenters. The number of rotatable bonds is 2. The second kappa shape index (κ2) is 4.28.